The van der Waals surface area contributed by atoms with Gasteiger partial charge in [0.1, 0.15) is 11.0 Å². The molecule has 1 aliphatic carbocycles. The first-order valence-electron chi connectivity index (χ1n) is 11.4. The lowest BCUT2D eigenvalue weighted by molar-refractivity contribution is -0.139. The maximum Gasteiger partial charge on any atom is 0.233 e. The third-order valence-corrected chi connectivity index (χ3v) is 7.32. The second kappa shape index (κ2) is 11.4. The van der Waals surface area contributed by atoms with Gasteiger partial charge in [0, 0.05) is 50.7 Å². The zero-order chi connectivity index (χ0) is 22.4. The molecule has 1 aromatic rings. The number of nitrogens with zero attached hydrogens (tertiary/aromatic N) is 5. The van der Waals surface area contributed by atoms with E-state index in [1.807, 2.05) is 18.7 Å². The average molecular weight is 468 g/mol. The number of carbonyl (C=O) groups is 2. The van der Waals surface area contributed by atoms with Crippen LogP contribution in [0.4, 0.5) is 5.82 Å². The molecular formula is C22H34ClN5O2S. The average Bonchev–Trinajstić information content (AvgIpc) is 2.78. The summed E-state index contributed by atoms with van der Waals surface area (Å²) >= 11 is 7.58. The Bertz CT molecular complexity index is 770. The van der Waals surface area contributed by atoms with Gasteiger partial charge in [0.2, 0.25) is 11.8 Å². The molecule has 2 amide bonds. The predicted octanol–water partition coefficient (Wildman–Crippen LogP) is 3.71. The minimum Gasteiger partial charge on any atom is -0.353 e. The smallest absolute Gasteiger partial charge is 0.233 e. The Labute approximate surface area is 194 Å². The first-order valence-corrected chi connectivity index (χ1v) is 12.8. The minimum absolute atomic E-state index is 0.0728. The van der Waals surface area contributed by atoms with Gasteiger partial charge in [-0.1, -0.05) is 42.6 Å². The Morgan fingerprint density at radius 3 is 2.52 bits per heavy atom. The lowest BCUT2D eigenvalue weighted by Gasteiger charge is -2.42. The zero-order valence-electron chi connectivity index (χ0n) is 18.8. The number of halogens is 1. The molecule has 0 radical (unpaired) electrons. The molecule has 1 aromatic heterocycles. The summed E-state index contributed by atoms with van der Waals surface area (Å²) in [6.07, 6.45) is 5.64. The maximum absolute atomic E-state index is 13.0. The van der Waals surface area contributed by atoms with Crippen LogP contribution in [0.3, 0.4) is 0 Å². The number of piperazine rings is 1. The summed E-state index contributed by atoms with van der Waals surface area (Å²) in [5.41, 5.74) is 0. The van der Waals surface area contributed by atoms with Gasteiger partial charge in [0.15, 0.2) is 5.16 Å². The van der Waals surface area contributed by atoms with Gasteiger partial charge in [-0.05, 0) is 33.6 Å². The first-order chi connectivity index (χ1) is 14.9. The SMILES string of the molecule is CCN(CC)C(=O)CSc1nc(Cl)cc(N2CCN(C(=O)C3CCCCC3)C(C)C2)n1. The highest BCUT2D eigenvalue weighted by atomic mass is 35.5. The third-order valence-electron chi connectivity index (χ3n) is 6.29. The quantitative estimate of drug-likeness (QED) is 0.346. The molecule has 1 atom stereocenters. The van der Waals surface area contributed by atoms with Crippen LogP contribution in [-0.4, -0.2) is 76.1 Å². The number of amides is 2. The Kier molecular flexibility index (Phi) is 8.84. The largest absolute Gasteiger partial charge is 0.353 e. The van der Waals surface area contributed by atoms with Crippen molar-refractivity contribution in [3.8, 4) is 0 Å². The van der Waals surface area contributed by atoms with Gasteiger partial charge in [-0.3, -0.25) is 9.59 Å². The molecule has 1 aliphatic heterocycles. The van der Waals surface area contributed by atoms with Crippen LogP contribution in [0.1, 0.15) is 52.9 Å². The Hall–Kier alpha value is -1.54. The van der Waals surface area contributed by atoms with Crippen LogP contribution in [0.25, 0.3) is 0 Å². The molecule has 0 bridgehead atoms. The fourth-order valence-electron chi connectivity index (χ4n) is 4.48. The van der Waals surface area contributed by atoms with Crippen molar-refractivity contribution in [2.45, 2.75) is 64.1 Å². The third kappa shape index (κ3) is 6.25. The van der Waals surface area contributed by atoms with Crippen LogP contribution in [0.15, 0.2) is 11.2 Å². The normalized spacial score (nSPS) is 20.1. The van der Waals surface area contributed by atoms with Gasteiger partial charge in [-0.15, -0.1) is 0 Å². The fraction of sp³-hybridized carbons (Fsp3) is 0.727. The van der Waals surface area contributed by atoms with Crippen LogP contribution in [-0.2, 0) is 9.59 Å². The van der Waals surface area contributed by atoms with Crippen LogP contribution >= 0.6 is 23.4 Å². The summed E-state index contributed by atoms with van der Waals surface area (Å²) in [7, 11) is 0. The van der Waals surface area contributed by atoms with E-state index in [2.05, 4.69) is 21.8 Å². The van der Waals surface area contributed by atoms with Gasteiger partial charge in [-0.25, -0.2) is 9.97 Å². The van der Waals surface area contributed by atoms with E-state index in [-0.39, 0.29) is 17.9 Å². The summed E-state index contributed by atoms with van der Waals surface area (Å²) in [4.78, 5) is 40.2. The Morgan fingerprint density at radius 2 is 1.87 bits per heavy atom. The summed E-state index contributed by atoms with van der Waals surface area (Å²) in [6, 6.07) is 1.89. The summed E-state index contributed by atoms with van der Waals surface area (Å²) in [6.45, 7) is 9.57. The lowest BCUT2D eigenvalue weighted by atomic mass is 9.88. The van der Waals surface area contributed by atoms with Gasteiger partial charge in [0.25, 0.3) is 0 Å². The highest BCUT2D eigenvalue weighted by Crippen LogP contribution is 2.28. The number of thioether (sulfide) groups is 1. The Morgan fingerprint density at radius 1 is 1.16 bits per heavy atom. The van der Waals surface area contributed by atoms with E-state index >= 15 is 0 Å². The molecule has 31 heavy (non-hydrogen) atoms. The molecule has 0 spiro atoms. The van der Waals surface area contributed by atoms with Crippen LogP contribution in [0, 0.1) is 5.92 Å². The van der Waals surface area contributed by atoms with Crippen molar-refractivity contribution < 1.29 is 9.59 Å². The number of hydrogen-bond donors (Lipinski definition) is 0. The van der Waals surface area contributed by atoms with E-state index < -0.39 is 0 Å². The standard InChI is InChI=1S/C22H34ClN5O2S/c1-4-26(5-2)20(29)15-31-22-24-18(23)13-19(25-22)27-11-12-28(16(3)14-27)21(30)17-9-7-6-8-10-17/h13,16-17H,4-12,14-15H2,1-3H3. The predicted molar refractivity (Wildman–Crippen MR) is 126 cm³/mol. The van der Waals surface area contributed by atoms with Crippen molar-refractivity contribution in [1.29, 1.82) is 0 Å². The number of aromatic nitrogens is 2. The summed E-state index contributed by atoms with van der Waals surface area (Å²) in [5, 5.41) is 0.882. The number of anilines is 1. The summed E-state index contributed by atoms with van der Waals surface area (Å²) < 4.78 is 0. The van der Waals surface area contributed by atoms with Crippen LogP contribution in [0.5, 0.6) is 0 Å². The lowest BCUT2D eigenvalue weighted by Crippen LogP contribution is -2.55. The van der Waals surface area contributed by atoms with Gasteiger partial charge >= 0.3 is 0 Å². The maximum atomic E-state index is 13.0. The molecule has 0 N–H and O–H groups in total. The number of rotatable bonds is 7. The van der Waals surface area contributed by atoms with Crippen LogP contribution < -0.4 is 4.90 Å². The van der Waals surface area contributed by atoms with E-state index in [0.717, 1.165) is 25.2 Å². The fourth-order valence-corrected chi connectivity index (χ4v) is 5.47. The van der Waals surface area contributed by atoms with E-state index in [0.29, 0.717) is 48.1 Å². The molecule has 1 saturated heterocycles. The van der Waals surface area contributed by atoms with Crippen molar-refractivity contribution in [3.63, 3.8) is 0 Å². The van der Waals surface area contributed by atoms with Gasteiger partial charge in [0.05, 0.1) is 5.75 Å². The molecule has 1 unspecified atom stereocenters. The Balaban J connectivity index is 1.61. The van der Waals surface area contributed by atoms with Crippen molar-refractivity contribution >= 4 is 41.0 Å². The van der Waals surface area contributed by atoms with E-state index in [1.165, 1.54) is 31.0 Å². The zero-order valence-corrected chi connectivity index (χ0v) is 20.4. The minimum atomic E-state index is 0.0728. The van der Waals surface area contributed by atoms with Crippen molar-refractivity contribution in [2.75, 3.05) is 43.4 Å². The summed E-state index contributed by atoms with van der Waals surface area (Å²) in [5.74, 6) is 1.64. The molecule has 172 valence electrons. The molecule has 7 nitrogen and oxygen atoms in total. The monoisotopic (exact) mass is 467 g/mol. The second-order valence-corrected chi connectivity index (χ2v) is 9.68. The molecule has 9 heteroatoms. The molecule has 2 heterocycles. The topological polar surface area (TPSA) is 69.6 Å². The number of hydrogen-bond acceptors (Lipinski definition) is 6. The molecule has 2 fully saturated rings. The molecule has 3 rings (SSSR count). The molecular weight excluding hydrogens is 434 g/mol. The molecule has 0 aromatic carbocycles. The van der Waals surface area contributed by atoms with Crippen molar-refractivity contribution in [3.05, 3.63) is 11.2 Å². The van der Waals surface area contributed by atoms with Gasteiger partial charge < -0.3 is 14.7 Å². The van der Waals surface area contributed by atoms with Gasteiger partial charge in [-0.2, -0.15) is 0 Å². The molecule has 2 aliphatic rings. The van der Waals surface area contributed by atoms with Crippen molar-refractivity contribution in [1.82, 2.24) is 19.8 Å². The van der Waals surface area contributed by atoms with Crippen LogP contribution in [0.2, 0.25) is 5.15 Å². The van der Waals surface area contributed by atoms with Crippen molar-refractivity contribution in [2.24, 2.45) is 5.92 Å². The second-order valence-electron chi connectivity index (χ2n) is 8.35. The highest BCUT2D eigenvalue weighted by molar-refractivity contribution is 7.99. The molecule has 1 saturated carbocycles. The van der Waals surface area contributed by atoms with E-state index in [1.54, 1.807) is 11.0 Å². The number of carbonyl (C=O) groups excluding carboxylic acids is 2. The highest BCUT2D eigenvalue weighted by Gasteiger charge is 2.33. The first kappa shape index (κ1) is 24.1. The van der Waals surface area contributed by atoms with E-state index in [9.17, 15) is 9.59 Å². The van der Waals surface area contributed by atoms with E-state index in [4.69, 9.17) is 11.6 Å².